The van der Waals surface area contributed by atoms with Gasteiger partial charge in [-0.25, -0.2) is 4.39 Å². The van der Waals surface area contributed by atoms with Crippen molar-refractivity contribution in [1.29, 1.82) is 0 Å². The van der Waals surface area contributed by atoms with Gasteiger partial charge in [-0.2, -0.15) is 0 Å². The zero-order chi connectivity index (χ0) is 12.3. The number of hydrogen-bond donors (Lipinski definition) is 1. The quantitative estimate of drug-likeness (QED) is 0.895. The van der Waals surface area contributed by atoms with Gasteiger partial charge >= 0.3 is 0 Å². The maximum Gasteiger partial charge on any atom is 0.142 e. The summed E-state index contributed by atoms with van der Waals surface area (Å²) in [4.78, 5) is 0. The van der Waals surface area contributed by atoms with E-state index in [-0.39, 0.29) is 16.4 Å². The molecule has 1 atom stereocenters. The molecule has 1 N–H and O–H groups in total. The Bertz CT molecular complexity index is 391. The van der Waals surface area contributed by atoms with Crippen molar-refractivity contribution in [2.24, 2.45) is 0 Å². The third-order valence-electron chi connectivity index (χ3n) is 3.15. The molecule has 1 aromatic carbocycles. The lowest BCUT2D eigenvalue weighted by atomic mass is 10.0. The van der Waals surface area contributed by atoms with Crippen LogP contribution in [0.5, 0.6) is 0 Å². The van der Waals surface area contributed by atoms with E-state index in [0.717, 1.165) is 31.6 Å². The number of rotatable bonds is 4. The highest BCUT2D eigenvalue weighted by molar-refractivity contribution is 6.31. The predicted octanol–water partition coefficient (Wildman–Crippen LogP) is 3.14. The van der Waals surface area contributed by atoms with Crippen LogP contribution in [0.2, 0.25) is 5.02 Å². The Morgan fingerprint density at radius 2 is 2.35 bits per heavy atom. The lowest BCUT2D eigenvalue weighted by Gasteiger charge is -2.23. The van der Waals surface area contributed by atoms with Gasteiger partial charge in [-0.15, -0.1) is 0 Å². The summed E-state index contributed by atoms with van der Waals surface area (Å²) in [7, 11) is 0. The van der Waals surface area contributed by atoms with Gasteiger partial charge in [0.1, 0.15) is 5.82 Å². The standard InChI is InChI=1S/C13H17ClFNO/c1-13(6-3-7-17-13)9-16-8-10-4-2-5-11(15)12(10)14/h2,4-5,16H,3,6-9H2,1H3. The summed E-state index contributed by atoms with van der Waals surface area (Å²) in [5.74, 6) is -0.366. The average Bonchev–Trinajstić information content (AvgIpc) is 2.72. The molecule has 0 bridgehead atoms. The Morgan fingerprint density at radius 3 is 3.06 bits per heavy atom. The first-order valence-electron chi connectivity index (χ1n) is 5.88. The molecule has 1 unspecified atom stereocenters. The van der Waals surface area contributed by atoms with E-state index in [2.05, 4.69) is 12.2 Å². The van der Waals surface area contributed by atoms with Gasteiger partial charge in [-0.1, -0.05) is 23.7 Å². The zero-order valence-electron chi connectivity index (χ0n) is 9.93. The normalized spacial score (nSPS) is 24.2. The van der Waals surface area contributed by atoms with E-state index in [1.165, 1.54) is 6.07 Å². The molecule has 0 radical (unpaired) electrons. The maximum absolute atomic E-state index is 13.2. The molecule has 1 fully saturated rings. The molecule has 0 aromatic heterocycles. The summed E-state index contributed by atoms with van der Waals surface area (Å²) in [6, 6.07) is 4.87. The largest absolute Gasteiger partial charge is 0.374 e. The van der Waals surface area contributed by atoms with Crippen LogP contribution in [0.4, 0.5) is 4.39 Å². The van der Waals surface area contributed by atoms with Gasteiger partial charge in [-0.05, 0) is 31.4 Å². The van der Waals surface area contributed by atoms with E-state index in [1.807, 2.05) is 6.07 Å². The van der Waals surface area contributed by atoms with E-state index >= 15 is 0 Å². The molecule has 1 heterocycles. The molecule has 1 aromatic rings. The minimum atomic E-state index is -0.366. The van der Waals surface area contributed by atoms with Crippen LogP contribution < -0.4 is 5.32 Å². The van der Waals surface area contributed by atoms with Gasteiger partial charge in [0.2, 0.25) is 0 Å². The topological polar surface area (TPSA) is 21.3 Å². The van der Waals surface area contributed by atoms with Gasteiger partial charge < -0.3 is 10.1 Å². The Kier molecular flexibility index (Phi) is 4.02. The predicted molar refractivity (Wildman–Crippen MR) is 66.7 cm³/mol. The van der Waals surface area contributed by atoms with Gasteiger partial charge in [0.25, 0.3) is 0 Å². The number of ether oxygens (including phenoxy) is 1. The SMILES string of the molecule is CC1(CNCc2cccc(F)c2Cl)CCCO1. The van der Waals surface area contributed by atoms with Crippen molar-refractivity contribution in [2.45, 2.75) is 31.9 Å². The highest BCUT2D eigenvalue weighted by Gasteiger charge is 2.29. The fraction of sp³-hybridized carbons (Fsp3) is 0.538. The van der Waals surface area contributed by atoms with Crippen LogP contribution in [0.3, 0.4) is 0 Å². The summed E-state index contributed by atoms with van der Waals surface area (Å²) >= 11 is 5.88. The summed E-state index contributed by atoms with van der Waals surface area (Å²) in [5.41, 5.74) is 0.702. The molecular formula is C13H17ClFNO. The minimum absolute atomic E-state index is 0.0835. The molecular weight excluding hydrogens is 241 g/mol. The van der Waals surface area contributed by atoms with Crippen LogP contribution in [-0.4, -0.2) is 18.8 Å². The number of benzene rings is 1. The van der Waals surface area contributed by atoms with E-state index < -0.39 is 0 Å². The third kappa shape index (κ3) is 3.18. The van der Waals surface area contributed by atoms with Crippen LogP contribution in [0, 0.1) is 5.82 Å². The van der Waals surface area contributed by atoms with Crippen molar-refractivity contribution in [1.82, 2.24) is 5.32 Å². The highest BCUT2D eigenvalue weighted by atomic mass is 35.5. The van der Waals surface area contributed by atoms with Crippen LogP contribution in [0.1, 0.15) is 25.3 Å². The van der Waals surface area contributed by atoms with Crippen molar-refractivity contribution in [3.05, 3.63) is 34.6 Å². The fourth-order valence-electron chi connectivity index (χ4n) is 2.12. The first-order chi connectivity index (χ1) is 8.11. The minimum Gasteiger partial charge on any atom is -0.374 e. The average molecular weight is 258 g/mol. The van der Waals surface area contributed by atoms with Crippen molar-refractivity contribution in [2.75, 3.05) is 13.2 Å². The Morgan fingerprint density at radius 1 is 1.53 bits per heavy atom. The Balaban J connectivity index is 1.88. The summed E-state index contributed by atoms with van der Waals surface area (Å²) in [6.07, 6.45) is 2.18. The van der Waals surface area contributed by atoms with E-state index in [0.29, 0.717) is 6.54 Å². The molecule has 1 aliphatic heterocycles. The molecule has 1 aliphatic rings. The van der Waals surface area contributed by atoms with E-state index in [9.17, 15) is 4.39 Å². The molecule has 4 heteroatoms. The summed E-state index contributed by atoms with van der Waals surface area (Å²) in [6.45, 7) is 4.26. The lowest BCUT2D eigenvalue weighted by Crippen LogP contribution is -2.36. The monoisotopic (exact) mass is 257 g/mol. The summed E-state index contributed by atoms with van der Waals surface area (Å²) < 4.78 is 18.9. The number of nitrogens with one attached hydrogen (secondary N) is 1. The van der Waals surface area contributed by atoms with Crippen molar-refractivity contribution < 1.29 is 9.13 Å². The van der Waals surface area contributed by atoms with Crippen molar-refractivity contribution in [3.63, 3.8) is 0 Å². The van der Waals surface area contributed by atoms with Crippen LogP contribution in [0.15, 0.2) is 18.2 Å². The zero-order valence-corrected chi connectivity index (χ0v) is 10.7. The molecule has 1 saturated heterocycles. The summed E-state index contributed by atoms with van der Waals surface area (Å²) in [5, 5.41) is 3.48. The van der Waals surface area contributed by atoms with Gasteiger partial charge in [0.05, 0.1) is 10.6 Å². The lowest BCUT2D eigenvalue weighted by molar-refractivity contribution is 0.0207. The molecule has 0 saturated carbocycles. The Labute approximate surface area is 106 Å². The van der Waals surface area contributed by atoms with Crippen molar-refractivity contribution in [3.8, 4) is 0 Å². The van der Waals surface area contributed by atoms with Crippen LogP contribution in [0.25, 0.3) is 0 Å². The smallest absolute Gasteiger partial charge is 0.142 e. The van der Waals surface area contributed by atoms with Crippen molar-refractivity contribution >= 4 is 11.6 Å². The van der Waals surface area contributed by atoms with Gasteiger partial charge in [0, 0.05) is 19.7 Å². The number of hydrogen-bond acceptors (Lipinski definition) is 2. The van der Waals surface area contributed by atoms with Gasteiger partial charge in [0.15, 0.2) is 0 Å². The first-order valence-corrected chi connectivity index (χ1v) is 6.26. The second kappa shape index (κ2) is 5.34. The second-order valence-electron chi connectivity index (χ2n) is 4.72. The first kappa shape index (κ1) is 12.8. The molecule has 2 nitrogen and oxygen atoms in total. The van der Waals surface area contributed by atoms with Crippen LogP contribution >= 0.6 is 11.6 Å². The third-order valence-corrected chi connectivity index (χ3v) is 3.57. The molecule has 0 spiro atoms. The van der Waals surface area contributed by atoms with E-state index in [1.54, 1.807) is 6.07 Å². The molecule has 0 aliphatic carbocycles. The molecule has 2 rings (SSSR count). The van der Waals surface area contributed by atoms with Gasteiger partial charge in [-0.3, -0.25) is 0 Å². The fourth-order valence-corrected chi connectivity index (χ4v) is 2.32. The second-order valence-corrected chi connectivity index (χ2v) is 5.10. The maximum atomic E-state index is 13.2. The molecule has 0 amide bonds. The highest BCUT2D eigenvalue weighted by Crippen LogP contribution is 2.24. The Hall–Kier alpha value is -0.640. The van der Waals surface area contributed by atoms with Crippen LogP contribution in [-0.2, 0) is 11.3 Å². The molecule has 94 valence electrons. The van der Waals surface area contributed by atoms with E-state index in [4.69, 9.17) is 16.3 Å². The number of halogens is 2. The molecule has 17 heavy (non-hydrogen) atoms.